The molecule has 4 rings (SSSR count). The zero-order valence-electron chi connectivity index (χ0n) is 27.1. The van der Waals surface area contributed by atoms with Gasteiger partial charge in [-0.15, -0.1) is 10.1 Å². The summed E-state index contributed by atoms with van der Waals surface area (Å²) < 4.78 is 35.0. The fourth-order valence-electron chi connectivity index (χ4n) is 5.84. The smallest absolute Gasteiger partial charge is 0.294 e. The van der Waals surface area contributed by atoms with Gasteiger partial charge in [0.05, 0.1) is 57.5 Å². The van der Waals surface area contributed by atoms with Gasteiger partial charge in [-0.3, -0.25) is 0 Å². The monoisotopic (exact) mass is 647 g/mol. The van der Waals surface area contributed by atoms with Crippen LogP contribution in [-0.2, 0) is 41.7 Å². The molecule has 46 heavy (non-hydrogen) atoms. The van der Waals surface area contributed by atoms with Gasteiger partial charge in [0.1, 0.15) is 25.1 Å². The average Bonchev–Trinajstić information content (AvgIpc) is 3.06. The van der Waals surface area contributed by atoms with E-state index >= 15 is 0 Å². The van der Waals surface area contributed by atoms with Crippen molar-refractivity contribution in [3.8, 4) is 5.75 Å². The minimum Gasteiger partial charge on any atom is -0.490 e. The summed E-state index contributed by atoms with van der Waals surface area (Å²) in [5.74, 6) is 1.02. The summed E-state index contributed by atoms with van der Waals surface area (Å²) in [6, 6.07) is 14.4. The second-order valence-electron chi connectivity index (χ2n) is 11.9. The molecule has 2 aliphatic rings. The summed E-state index contributed by atoms with van der Waals surface area (Å²) in [4.78, 5) is 17.2. The van der Waals surface area contributed by atoms with Crippen LogP contribution in [0.15, 0.2) is 42.5 Å². The Hall–Kier alpha value is -3.04. The molecule has 1 saturated heterocycles. The first kappa shape index (κ1) is 35.8. The van der Waals surface area contributed by atoms with Crippen molar-refractivity contribution < 1.29 is 43.5 Å². The molecule has 0 bridgehead atoms. The average molecular weight is 648 g/mol. The number of fused-ring (bicyclic) bond motifs is 1. The number of methoxy groups -OCH3 is 2. The first-order valence-corrected chi connectivity index (χ1v) is 15.9. The maximum absolute atomic E-state index is 10.6. The van der Waals surface area contributed by atoms with Crippen molar-refractivity contribution in [1.29, 1.82) is 0 Å². The van der Waals surface area contributed by atoms with E-state index in [1.807, 2.05) is 24.3 Å². The van der Waals surface area contributed by atoms with Gasteiger partial charge in [0, 0.05) is 52.3 Å². The van der Waals surface area contributed by atoms with Crippen molar-refractivity contribution in [3.63, 3.8) is 0 Å². The van der Waals surface area contributed by atoms with Gasteiger partial charge in [-0.05, 0) is 35.2 Å². The highest BCUT2D eigenvalue weighted by molar-refractivity contribution is 5.61. The summed E-state index contributed by atoms with van der Waals surface area (Å²) >= 11 is 0. The van der Waals surface area contributed by atoms with E-state index < -0.39 is 17.8 Å². The van der Waals surface area contributed by atoms with E-state index in [1.54, 1.807) is 14.2 Å². The van der Waals surface area contributed by atoms with Crippen LogP contribution in [0.3, 0.4) is 0 Å². The van der Waals surface area contributed by atoms with Crippen LogP contribution >= 0.6 is 0 Å². The van der Waals surface area contributed by atoms with Crippen LogP contribution in [0.4, 0.5) is 5.69 Å². The minimum atomic E-state index is -1.14. The van der Waals surface area contributed by atoms with Crippen molar-refractivity contribution in [2.24, 2.45) is 5.92 Å². The fraction of sp³-hybridized carbons (Fsp3) is 0.636. The van der Waals surface area contributed by atoms with Crippen LogP contribution in [0.25, 0.3) is 0 Å². The second-order valence-corrected chi connectivity index (χ2v) is 11.9. The Morgan fingerprint density at radius 2 is 1.76 bits per heavy atom. The largest absolute Gasteiger partial charge is 0.490 e. The highest BCUT2D eigenvalue weighted by Crippen LogP contribution is 2.35. The Morgan fingerprint density at radius 1 is 1.00 bits per heavy atom. The first-order valence-electron chi connectivity index (χ1n) is 15.9. The molecule has 2 heterocycles. The van der Waals surface area contributed by atoms with Gasteiger partial charge in [0.25, 0.3) is 5.09 Å². The molecular formula is C33H49N3O10. The lowest BCUT2D eigenvalue weighted by Gasteiger charge is -2.39. The molecule has 0 amide bonds. The molecule has 2 aromatic carbocycles. The molecule has 0 radical (unpaired) electrons. The Morgan fingerprint density at radius 3 is 2.50 bits per heavy atom. The maximum atomic E-state index is 10.6. The molecule has 0 saturated carbocycles. The lowest BCUT2D eigenvalue weighted by atomic mass is 9.85. The summed E-state index contributed by atoms with van der Waals surface area (Å²) in [5, 5.41) is 23.3. The van der Waals surface area contributed by atoms with E-state index in [0.717, 1.165) is 47.6 Å². The number of nitrogens with zero attached hydrogens (tertiary/aromatic N) is 2. The van der Waals surface area contributed by atoms with Crippen LogP contribution in [0.1, 0.15) is 36.0 Å². The van der Waals surface area contributed by atoms with Gasteiger partial charge in [-0.1, -0.05) is 37.3 Å². The Kier molecular flexibility index (Phi) is 14.7. The fourth-order valence-corrected chi connectivity index (χ4v) is 5.84. The number of rotatable bonds is 20. The highest BCUT2D eigenvalue weighted by atomic mass is 17.0. The third kappa shape index (κ3) is 11.0. The number of hydrogen-bond donors (Lipinski definition) is 2. The van der Waals surface area contributed by atoms with E-state index in [2.05, 4.69) is 40.2 Å². The van der Waals surface area contributed by atoms with E-state index in [1.165, 1.54) is 0 Å². The summed E-state index contributed by atoms with van der Waals surface area (Å²) in [6.07, 6.45) is -0.808. The van der Waals surface area contributed by atoms with Gasteiger partial charge in [0.2, 0.25) is 0 Å². The van der Waals surface area contributed by atoms with E-state index in [9.17, 15) is 15.2 Å². The lowest BCUT2D eigenvalue weighted by Crippen LogP contribution is -2.51. The quantitative estimate of drug-likeness (QED) is 0.124. The van der Waals surface area contributed by atoms with Crippen LogP contribution < -0.4 is 15.0 Å². The van der Waals surface area contributed by atoms with Crippen molar-refractivity contribution in [1.82, 2.24) is 5.32 Å². The third-order valence-corrected chi connectivity index (χ3v) is 8.08. The number of ether oxygens (including phenoxy) is 6. The molecule has 13 heteroatoms. The van der Waals surface area contributed by atoms with Crippen LogP contribution in [0.2, 0.25) is 0 Å². The van der Waals surface area contributed by atoms with Gasteiger partial charge in [-0.25, -0.2) is 0 Å². The zero-order chi connectivity index (χ0) is 32.7. The van der Waals surface area contributed by atoms with Crippen LogP contribution in [-0.4, -0.2) is 109 Å². The SMILES string of the molecule is COCCCN1CCOc2ccc(CO[C@H]3CNC[C@@H](OC[C@H](O)CO[N+](=O)[O-])[C@@H]3c3ccc(COC[C@@H](C)COC)cc3)cc21. The molecule has 0 unspecified atom stereocenters. The van der Waals surface area contributed by atoms with Crippen molar-refractivity contribution >= 4 is 5.69 Å². The molecule has 13 nitrogen and oxygen atoms in total. The Bertz CT molecular complexity index is 1190. The molecule has 2 N–H and O–H groups in total. The number of piperidine rings is 1. The molecule has 2 aromatic rings. The molecule has 0 aromatic heterocycles. The highest BCUT2D eigenvalue weighted by Gasteiger charge is 2.36. The molecule has 5 atom stereocenters. The predicted molar refractivity (Wildman–Crippen MR) is 171 cm³/mol. The first-order chi connectivity index (χ1) is 22.4. The van der Waals surface area contributed by atoms with Gasteiger partial charge in [-0.2, -0.15) is 0 Å². The standard InChI is InChI=1S/C33H49N3O10/c1-24(18-41-3)19-42-20-25-5-8-27(9-6-25)33-31(16-34-17-32(33)45-22-28(37)23-46-36(38)39)44-21-26-7-10-30-29(15-26)35(12-14-43-30)11-4-13-40-2/h5-10,15,24,28,31-34,37H,4,11-14,16-23H2,1-3H3/t24-,28-,31-,32+,33+/m0/s1. The maximum Gasteiger partial charge on any atom is 0.294 e. The third-order valence-electron chi connectivity index (χ3n) is 8.08. The summed E-state index contributed by atoms with van der Waals surface area (Å²) in [6.45, 7) is 7.85. The van der Waals surface area contributed by atoms with Gasteiger partial charge >= 0.3 is 0 Å². The lowest BCUT2D eigenvalue weighted by molar-refractivity contribution is -0.759. The Labute approximate surface area is 271 Å². The minimum absolute atomic E-state index is 0.112. The van der Waals surface area contributed by atoms with E-state index in [0.29, 0.717) is 58.6 Å². The predicted octanol–water partition coefficient (Wildman–Crippen LogP) is 2.95. The van der Waals surface area contributed by atoms with Crippen molar-refractivity contribution in [2.45, 2.75) is 50.8 Å². The molecular weight excluding hydrogens is 598 g/mol. The molecule has 0 aliphatic carbocycles. The molecule has 256 valence electrons. The van der Waals surface area contributed by atoms with Crippen molar-refractivity contribution in [2.75, 3.05) is 84.9 Å². The zero-order valence-corrected chi connectivity index (χ0v) is 27.1. The number of benzene rings is 2. The number of hydrogen-bond acceptors (Lipinski definition) is 12. The number of aliphatic hydroxyl groups is 1. The normalized spacial score (nSPS) is 20.9. The molecule has 1 fully saturated rings. The molecule has 2 aliphatic heterocycles. The summed E-state index contributed by atoms with van der Waals surface area (Å²) in [5.41, 5.74) is 4.18. The number of anilines is 1. The topological polar surface area (TPSA) is 143 Å². The van der Waals surface area contributed by atoms with E-state index in [4.69, 9.17) is 28.4 Å². The second kappa shape index (κ2) is 18.9. The number of aliphatic hydroxyl groups excluding tert-OH is 1. The van der Waals surface area contributed by atoms with Crippen molar-refractivity contribution in [3.05, 3.63) is 69.3 Å². The van der Waals surface area contributed by atoms with Crippen LogP contribution in [0, 0.1) is 16.0 Å². The van der Waals surface area contributed by atoms with Gasteiger partial charge < -0.3 is 48.6 Å². The van der Waals surface area contributed by atoms with Gasteiger partial charge in [0.15, 0.2) is 0 Å². The van der Waals surface area contributed by atoms with E-state index in [-0.39, 0.29) is 24.7 Å². The molecule has 0 spiro atoms. The summed E-state index contributed by atoms with van der Waals surface area (Å²) in [7, 11) is 3.40. The number of nitrogens with one attached hydrogen (secondary N) is 1. The Balaban J connectivity index is 1.45. The van der Waals surface area contributed by atoms with Crippen LogP contribution in [0.5, 0.6) is 5.75 Å².